The first-order chi connectivity index (χ1) is 8.13. The lowest BCUT2D eigenvalue weighted by Gasteiger charge is -2.04. The van der Waals surface area contributed by atoms with E-state index in [0.717, 1.165) is 5.56 Å². The third-order valence-electron chi connectivity index (χ3n) is 2.29. The van der Waals surface area contributed by atoms with E-state index in [4.69, 9.17) is 5.11 Å². The Kier molecular flexibility index (Phi) is 5.16. The fourth-order valence-electron chi connectivity index (χ4n) is 1.35. The maximum absolute atomic E-state index is 11.3. The maximum Gasteiger partial charge on any atom is 0.304 e. The first-order valence-corrected chi connectivity index (χ1v) is 5.37. The van der Waals surface area contributed by atoms with Crippen LogP contribution in [0.5, 0.6) is 0 Å². The summed E-state index contributed by atoms with van der Waals surface area (Å²) in [6, 6.07) is 7.18. The first kappa shape index (κ1) is 13.2. The smallest absolute Gasteiger partial charge is 0.304 e. The van der Waals surface area contributed by atoms with Crippen molar-refractivity contribution in [1.29, 1.82) is 0 Å². The van der Waals surface area contributed by atoms with Gasteiger partial charge in [0, 0.05) is 25.7 Å². The summed E-state index contributed by atoms with van der Waals surface area (Å²) in [6.45, 7) is 1.04. The van der Waals surface area contributed by atoms with E-state index >= 15 is 0 Å². The summed E-state index contributed by atoms with van der Waals surface area (Å²) in [5.41, 5.74) is 1.63. The number of carbonyl (C=O) groups excluding carboxylic acids is 1. The summed E-state index contributed by atoms with van der Waals surface area (Å²) in [7, 11) is 1.59. The molecule has 0 saturated heterocycles. The molecule has 5 nitrogen and oxygen atoms in total. The highest BCUT2D eigenvalue weighted by Crippen LogP contribution is 2.04. The number of rotatable bonds is 6. The van der Waals surface area contributed by atoms with Gasteiger partial charge in [-0.05, 0) is 17.7 Å². The first-order valence-electron chi connectivity index (χ1n) is 5.37. The predicted octanol–water partition coefficient (Wildman–Crippen LogP) is 0.610. The topological polar surface area (TPSA) is 78.4 Å². The van der Waals surface area contributed by atoms with E-state index in [0.29, 0.717) is 18.7 Å². The largest absolute Gasteiger partial charge is 0.481 e. The molecule has 17 heavy (non-hydrogen) atoms. The van der Waals surface area contributed by atoms with Gasteiger partial charge in [-0.15, -0.1) is 0 Å². The molecule has 0 aliphatic carbocycles. The highest BCUT2D eigenvalue weighted by Gasteiger charge is 2.02. The molecule has 0 aliphatic rings. The van der Waals surface area contributed by atoms with Gasteiger partial charge in [-0.25, -0.2) is 0 Å². The summed E-state index contributed by atoms with van der Waals surface area (Å²) in [5.74, 6) is -0.928. The minimum absolute atomic E-state index is 0.107. The van der Waals surface area contributed by atoms with Crippen LogP contribution in [0.15, 0.2) is 24.3 Å². The lowest BCUT2D eigenvalue weighted by Crippen LogP contribution is -2.19. The quantitative estimate of drug-likeness (QED) is 0.632. The van der Waals surface area contributed by atoms with Crippen molar-refractivity contribution in [2.75, 3.05) is 13.6 Å². The molecule has 0 aromatic heterocycles. The molecule has 92 valence electrons. The van der Waals surface area contributed by atoms with Crippen LogP contribution in [-0.4, -0.2) is 30.6 Å². The molecule has 1 aromatic carbocycles. The van der Waals surface area contributed by atoms with Crippen molar-refractivity contribution >= 4 is 11.9 Å². The molecule has 0 bridgehead atoms. The number of carbonyl (C=O) groups is 2. The Morgan fingerprint density at radius 1 is 1.24 bits per heavy atom. The van der Waals surface area contributed by atoms with Crippen LogP contribution in [-0.2, 0) is 11.3 Å². The zero-order valence-electron chi connectivity index (χ0n) is 9.69. The third kappa shape index (κ3) is 4.65. The molecular formula is C12H16N2O3. The molecule has 0 aliphatic heterocycles. The van der Waals surface area contributed by atoms with Gasteiger partial charge in [0.1, 0.15) is 0 Å². The summed E-state index contributed by atoms with van der Waals surface area (Å²) in [5, 5.41) is 14.0. The zero-order valence-corrected chi connectivity index (χ0v) is 9.69. The van der Waals surface area contributed by atoms with Gasteiger partial charge < -0.3 is 15.7 Å². The molecule has 0 atom stereocenters. The van der Waals surface area contributed by atoms with E-state index < -0.39 is 5.97 Å². The van der Waals surface area contributed by atoms with Gasteiger partial charge >= 0.3 is 5.97 Å². The third-order valence-corrected chi connectivity index (χ3v) is 2.29. The second-order valence-electron chi connectivity index (χ2n) is 3.60. The summed E-state index contributed by atoms with van der Waals surface area (Å²) >= 11 is 0. The number of aliphatic carboxylic acids is 1. The Morgan fingerprint density at radius 3 is 2.41 bits per heavy atom. The Labute approximate surface area is 99.8 Å². The van der Waals surface area contributed by atoms with Crippen molar-refractivity contribution in [3.63, 3.8) is 0 Å². The van der Waals surface area contributed by atoms with Crippen molar-refractivity contribution < 1.29 is 14.7 Å². The van der Waals surface area contributed by atoms with E-state index in [-0.39, 0.29) is 12.3 Å². The molecule has 0 saturated carbocycles. The number of hydrogen-bond donors (Lipinski definition) is 3. The van der Waals surface area contributed by atoms with Gasteiger partial charge in [0.25, 0.3) is 5.91 Å². The molecule has 0 heterocycles. The Bertz CT molecular complexity index is 387. The van der Waals surface area contributed by atoms with Gasteiger partial charge in [-0.1, -0.05) is 12.1 Å². The molecule has 3 N–H and O–H groups in total. The molecule has 0 fully saturated rings. The molecule has 0 unspecified atom stereocenters. The van der Waals surface area contributed by atoms with Crippen LogP contribution in [0.4, 0.5) is 0 Å². The highest BCUT2D eigenvalue weighted by atomic mass is 16.4. The van der Waals surface area contributed by atoms with Gasteiger partial charge in [0.15, 0.2) is 0 Å². The molecule has 1 aromatic rings. The van der Waals surface area contributed by atoms with Gasteiger partial charge in [-0.3, -0.25) is 9.59 Å². The van der Waals surface area contributed by atoms with E-state index in [1.165, 1.54) is 0 Å². The summed E-state index contributed by atoms with van der Waals surface area (Å²) in [6.07, 6.45) is 0.107. The normalized spacial score (nSPS) is 9.94. The Hall–Kier alpha value is -1.88. The lowest BCUT2D eigenvalue weighted by atomic mass is 10.1. The lowest BCUT2D eigenvalue weighted by molar-refractivity contribution is -0.136. The Morgan fingerprint density at radius 2 is 1.88 bits per heavy atom. The number of nitrogens with one attached hydrogen (secondary N) is 2. The highest BCUT2D eigenvalue weighted by molar-refractivity contribution is 5.93. The van der Waals surface area contributed by atoms with Crippen LogP contribution in [0.2, 0.25) is 0 Å². The average molecular weight is 236 g/mol. The number of carboxylic acid groups (broad SMARTS) is 1. The van der Waals surface area contributed by atoms with E-state index in [1.54, 1.807) is 19.2 Å². The molecule has 5 heteroatoms. The van der Waals surface area contributed by atoms with Crippen LogP contribution in [0.1, 0.15) is 22.3 Å². The minimum Gasteiger partial charge on any atom is -0.481 e. The van der Waals surface area contributed by atoms with E-state index in [2.05, 4.69) is 10.6 Å². The zero-order chi connectivity index (χ0) is 12.7. The summed E-state index contributed by atoms with van der Waals surface area (Å²) in [4.78, 5) is 21.5. The van der Waals surface area contributed by atoms with Crippen LogP contribution in [0.3, 0.4) is 0 Å². The van der Waals surface area contributed by atoms with Crippen LogP contribution >= 0.6 is 0 Å². The second-order valence-corrected chi connectivity index (χ2v) is 3.60. The number of carboxylic acids is 1. The summed E-state index contributed by atoms with van der Waals surface area (Å²) < 4.78 is 0. The van der Waals surface area contributed by atoms with E-state index in [1.807, 2.05) is 12.1 Å². The molecule has 1 amide bonds. The van der Waals surface area contributed by atoms with Crippen molar-refractivity contribution in [1.82, 2.24) is 10.6 Å². The van der Waals surface area contributed by atoms with Crippen molar-refractivity contribution in [3.8, 4) is 0 Å². The number of amides is 1. The molecular weight excluding hydrogens is 220 g/mol. The average Bonchev–Trinajstić information content (AvgIpc) is 2.34. The van der Waals surface area contributed by atoms with Crippen LogP contribution in [0, 0.1) is 0 Å². The molecule has 1 rings (SSSR count). The van der Waals surface area contributed by atoms with Gasteiger partial charge in [0.05, 0.1) is 6.42 Å². The second kappa shape index (κ2) is 6.65. The van der Waals surface area contributed by atoms with Gasteiger partial charge in [0.2, 0.25) is 0 Å². The minimum atomic E-state index is -0.813. The molecule has 0 spiro atoms. The van der Waals surface area contributed by atoms with Crippen molar-refractivity contribution in [3.05, 3.63) is 35.4 Å². The van der Waals surface area contributed by atoms with Crippen molar-refractivity contribution in [2.24, 2.45) is 0 Å². The van der Waals surface area contributed by atoms with Crippen molar-refractivity contribution in [2.45, 2.75) is 13.0 Å². The number of benzene rings is 1. The SMILES string of the molecule is CNC(=O)c1ccc(CNCCC(=O)O)cc1. The number of hydrogen-bond acceptors (Lipinski definition) is 3. The maximum atomic E-state index is 11.3. The fraction of sp³-hybridized carbons (Fsp3) is 0.333. The van der Waals surface area contributed by atoms with E-state index in [9.17, 15) is 9.59 Å². The predicted molar refractivity (Wildman–Crippen MR) is 63.8 cm³/mol. The fourth-order valence-corrected chi connectivity index (χ4v) is 1.35. The monoisotopic (exact) mass is 236 g/mol. The van der Waals surface area contributed by atoms with Crippen LogP contribution < -0.4 is 10.6 Å². The standard InChI is InChI=1S/C12H16N2O3/c1-13-12(17)10-4-2-9(3-5-10)8-14-7-6-11(15)16/h2-5,14H,6-8H2,1H3,(H,13,17)(H,15,16). The van der Waals surface area contributed by atoms with Crippen LogP contribution in [0.25, 0.3) is 0 Å². The Balaban J connectivity index is 2.40. The van der Waals surface area contributed by atoms with Gasteiger partial charge in [-0.2, -0.15) is 0 Å². The molecule has 0 radical (unpaired) electrons.